The van der Waals surface area contributed by atoms with Crippen LogP contribution >= 0.6 is 11.8 Å². The van der Waals surface area contributed by atoms with E-state index in [2.05, 4.69) is 58.0 Å². The summed E-state index contributed by atoms with van der Waals surface area (Å²) in [5.41, 5.74) is 29.0. The predicted molar refractivity (Wildman–Crippen MR) is 440 cm³/mol. The van der Waals surface area contributed by atoms with E-state index in [1.54, 1.807) is 0 Å². The fourth-order valence-electron chi connectivity index (χ4n) is 13.2. The summed E-state index contributed by atoms with van der Waals surface area (Å²) >= 11 is 1.25. The molecule has 1 unspecified atom stereocenters. The maximum absolute atomic E-state index is 14.8. The third-order valence-corrected chi connectivity index (χ3v) is 21.2. The summed E-state index contributed by atoms with van der Waals surface area (Å²) in [6, 6.07) is -7.42. The van der Waals surface area contributed by atoms with Crippen molar-refractivity contribution in [2.45, 2.75) is 423 Å². The van der Waals surface area contributed by atoms with Crippen LogP contribution in [0, 0.1) is 0 Å². The number of hydrogen-bond acceptors (Lipinski definition) is 16. The van der Waals surface area contributed by atoms with Crippen LogP contribution in [0.5, 0.6) is 0 Å². The van der Waals surface area contributed by atoms with E-state index in [9.17, 15) is 43.2 Å². The molecule has 0 radical (unpaired) electrons. The van der Waals surface area contributed by atoms with Gasteiger partial charge in [0, 0.05) is 30.9 Å². The smallest absolute Gasteiger partial charge is 0.315 e. The van der Waals surface area contributed by atoms with Crippen molar-refractivity contribution in [3.8, 4) is 0 Å². The molecular weight excluding hydrogens is 1370 g/mol. The van der Waals surface area contributed by atoms with E-state index in [-0.39, 0.29) is 69.0 Å². The summed E-state index contributed by atoms with van der Waals surface area (Å²) in [7, 11) is 0. The highest BCUT2D eigenvalue weighted by Gasteiger charge is 2.34. The molecule has 0 fully saturated rings. The molecule has 0 bridgehead atoms. The Morgan fingerprint density at radius 1 is 0.299 bits per heavy atom. The molecule has 0 aromatic carbocycles. The van der Waals surface area contributed by atoms with Gasteiger partial charge in [-0.2, -0.15) is 11.8 Å². The van der Waals surface area contributed by atoms with Gasteiger partial charge in [0.15, 0.2) is 0 Å². The Morgan fingerprint density at radius 2 is 0.579 bits per heavy atom. The molecule has 0 spiro atoms. The van der Waals surface area contributed by atoms with E-state index < -0.39 is 89.8 Å². The maximum Gasteiger partial charge on any atom is 0.315 e. The number of thioether (sulfide) groups is 1. The molecule has 0 aliphatic carbocycles. The van der Waals surface area contributed by atoms with Crippen LogP contribution in [0.2, 0.25) is 0 Å². The Labute approximate surface area is 654 Å². The summed E-state index contributed by atoms with van der Waals surface area (Å²) < 4.78 is 11.9. The lowest BCUT2D eigenvalue weighted by Gasteiger charge is -2.28. The first kappa shape index (κ1) is 102. The van der Waals surface area contributed by atoms with Crippen LogP contribution < -0.4 is 65.9 Å². The number of ether oxygens (including phenoxy) is 2. The minimum absolute atomic E-state index is 0.00638. The fraction of sp³-hybridized carbons (Fsp3) is 0.892. The number of unbranched alkanes of at least 4 members (excludes halogenated alkanes) is 40. The number of carbonyl (C=O) groups excluding carboxylic acids is 9. The normalized spacial score (nSPS) is 13.3. The van der Waals surface area contributed by atoms with Crippen LogP contribution in [0.25, 0.3) is 0 Å². The number of amides is 8. The number of hydrogen-bond donors (Lipinski definition) is 12. The second-order valence-corrected chi connectivity index (χ2v) is 31.2. The fourth-order valence-corrected chi connectivity index (χ4v) is 14.2. The molecule has 0 saturated carbocycles. The van der Waals surface area contributed by atoms with Gasteiger partial charge in [-0.15, -0.1) is 0 Å². The summed E-state index contributed by atoms with van der Waals surface area (Å²) in [6.45, 7) is 10.3. The summed E-state index contributed by atoms with van der Waals surface area (Å²) in [6.07, 6.45) is 50.3. The highest BCUT2D eigenvalue weighted by atomic mass is 32.2. The molecule has 24 heteroatoms. The van der Waals surface area contributed by atoms with Gasteiger partial charge >= 0.3 is 18.0 Å². The van der Waals surface area contributed by atoms with E-state index in [1.807, 2.05) is 6.92 Å². The standard InChI is InChI=1S/C83H162N12O11S/c1-5-9-13-16-19-22-25-28-30-33-36-39-42-58-75(96)105-65-68(106-76(97)59-43-40-37-34-31-29-26-23-20-17-14-10-6-2)66-107-67-74(95-83(104)89-64-52-41-38-35-32-27-24-21-18-15-11-7-3)82(103)94-70(53-12-8-4)79(100)92-72(56-46-50-62-86)81(102)93-73(57-47-51-63-87)80(101)91-71(55-45-49-61-85)78(99)90-69(77(88)98)54-44-48-60-84/h68-74H,5-67,84-87H2,1-4H3,(H2,88,98)(H,90,99)(H,91,101)(H,92,100)(H,93,102)(H,94,103)(H2,89,95,104)/t68?,69-,70-,71-,72-,73-,74-/m0/s1. The molecule has 7 atom stereocenters. The quantitative estimate of drug-likeness (QED) is 0.0199. The number of esters is 2. The number of carbonyl (C=O) groups is 9. The van der Waals surface area contributed by atoms with Crippen molar-refractivity contribution in [2.24, 2.45) is 28.7 Å². The van der Waals surface area contributed by atoms with Crippen molar-refractivity contribution in [1.82, 2.24) is 37.2 Å². The third-order valence-electron chi connectivity index (χ3n) is 20.0. The number of nitrogens with two attached hydrogens (primary N) is 5. The minimum Gasteiger partial charge on any atom is -0.462 e. The van der Waals surface area contributed by atoms with E-state index in [1.165, 1.54) is 179 Å². The molecule has 17 N–H and O–H groups in total. The van der Waals surface area contributed by atoms with Crippen LogP contribution in [-0.4, -0.2) is 147 Å². The zero-order valence-electron chi connectivity index (χ0n) is 68.4. The highest BCUT2D eigenvalue weighted by Crippen LogP contribution is 2.19. The molecule has 107 heavy (non-hydrogen) atoms. The predicted octanol–water partition coefficient (Wildman–Crippen LogP) is 14.1. The van der Waals surface area contributed by atoms with Crippen molar-refractivity contribution in [2.75, 3.05) is 50.8 Å². The Balaban J connectivity index is 6.79. The van der Waals surface area contributed by atoms with Crippen LogP contribution in [0.1, 0.15) is 381 Å². The lowest BCUT2D eigenvalue weighted by Crippen LogP contribution is -2.60. The van der Waals surface area contributed by atoms with Gasteiger partial charge in [-0.1, -0.05) is 265 Å². The third kappa shape index (κ3) is 61.6. The van der Waals surface area contributed by atoms with Gasteiger partial charge in [-0.05, 0) is 129 Å². The maximum atomic E-state index is 14.8. The average Bonchev–Trinajstić information content (AvgIpc) is 0.861. The number of nitrogens with one attached hydrogen (secondary N) is 7. The number of primary amides is 1. The molecule has 0 aromatic heterocycles. The zero-order chi connectivity index (χ0) is 78.9. The topological polar surface area (TPSA) is 386 Å². The van der Waals surface area contributed by atoms with E-state index in [0.29, 0.717) is 110 Å². The second-order valence-electron chi connectivity index (χ2n) is 30.1. The molecule has 23 nitrogen and oxygen atoms in total. The first-order valence-electron chi connectivity index (χ1n) is 43.6. The minimum atomic E-state index is -1.20. The van der Waals surface area contributed by atoms with E-state index in [0.717, 1.165) is 64.2 Å². The second kappa shape index (κ2) is 75.3. The van der Waals surface area contributed by atoms with Gasteiger partial charge in [-0.3, -0.25) is 38.4 Å². The average molecular weight is 1540 g/mol. The molecule has 0 saturated heterocycles. The Morgan fingerprint density at radius 3 is 0.907 bits per heavy atom. The van der Waals surface area contributed by atoms with Gasteiger partial charge < -0.3 is 75.4 Å². The van der Waals surface area contributed by atoms with Crippen molar-refractivity contribution in [3.63, 3.8) is 0 Å². The first-order valence-corrected chi connectivity index (χ1v) is 44.8. The molecule has 626 valence electrons. The molecule has 0 rings (SSSR count). The number of urea groups is 1. The van der Waals surface area contributed by atoms with Gasteiger partial charge in [0.05, 0.1) is 0 Å². The monoisotopic (exact) mass is 1540 g/mol. The molecular formula is C83H162N12O11S. The molecule has 0 aliphatic heterocycles. The largest absolute Gasteiger partial charge is 0.462 e. The van der Waals surface area contributed by atoms with E-state index in [4.69, 9.17) is 38.1 Å². The van der Waals surface area contributed by atoms with Crippen molar-refractivity contribution in [3.05, 3.63) is 0 Å². The number of rotatable bonds is 79. The summed E-state index contributed by atoms with van der Waals surface area (Å²) in [5, 5.41) is 20.0. The van der Waals surface area contributed by atoms with Crippen molar-refractivity contribution in [1.29, 1.82) is 0 Å². The van der Waals surface area contributed by atoms with Gasteiger partial charge in [0.2, 0.25) is 35.4 Å². The molecule has 0 heterocycles. The molecule has 8 amide bonds. The Bertz CT molecular complexity index is 2210. The summed E-state index contributed by atoms with van der Waals surface area (Å²) in [4.78, 5) is 126. The van der Waals surface area contributed by atoms with Gasteiger partial charge in [0.1, 0.15) is 49.0 Å². The van der Waals surface area contributed by atoms with E-state index >= 15 is 0 Å². The van der Waals surface area contributed by atoms with Gasteiger partial charge in [0.25, 0.3) is 0 Å². The molecule has 0 aromatic rings. The zero-order valence-corrected chi connectivity index (χ0v) is 69.2. The van der Waals surface area contributed by atoms with Crippen molar-refractivity contribution < 1.29 is 52.6 Å². The lowest BCUT2D eigenvalue weighted by atomic mass is 10.0. The van der Waals surface area contributed by atoms with Crippen LogP contribution in [-0.2, 0) is 47.8 Å². The first-order chi connectivity index (χ1) is 52.0. The Hall–Kier alpha value is -4.78. The van der Waals surface area contributed by atoms with Crippen LogP contribution in [0.4, 0.5) is 4.79 Å². The van der Waals surface area contributed by atoms with Crippen molar-refractivity contribution >= 4 is 65.2 Å². The van der Waals surface area contributed by atoms with Crippen LogP contribution in [0.15, 0.2) is 0 Å². The SMILES string of the molecule is CCCCCCCCCCCCCCCC(=O)OCC(CSC[C@H](NC(=O)NCCCCCCCCCCCCCC)C(=O)N[C@@H](CCCC)C(=O)N[C@@H](CCCCN)C(=O)N[C@@H](CCCCN)C(=O)N[C@@H](CCCCN)C(=O)N[C@@H](CCCCN)C(N)=O)OC(=O)CCCCCCCCCCCCCCC. The van der Waals surface area contributed by atoms with Crippen LogP contribution in [0.3, 0.4) is 0 Å². The molecule has 0 aliphatic rings. The summed E-state index contributed by atoms with van der Waals surface area (Å²) in [5.74, 6) is -4.62. The highest BCUT2D eigenvalue weighted by molar-refractivity contribution is 7.99. The lowest BCUT2D eigenvalue weighted by molar-refractivity contribution is -0.157. The van der Waals surface area contributed by atoms with Gasteiger partial charge in [-0.25, -0.2) is 4.79 Å². The Kier molecular flexibility index (Phi) is 71.9.